The average molecular weight is 194 g/mol. The summed E-state index contributed by atoms with van der Waals surface area (Å²) in [5, 5.41) is 30.5. The maximum Gasteiger partial charge on any atom is 0.701 e. The maximum atomic E-state index is 10.2. The Labute approximate surface area is 70.8 Å². The molecule has 0 aliphatic rings. The van der Waals surface area contributed by atoms with E-state index in [0.717, 1.165) is 0 Å². The van der Waals surface area contributed by atoms with Gasteiger partial charge in [-0.15, -0.1) is 0 Å². The van der Waals surface area contributed by atoms with E-state index in [1.54, 1.807) is 0 Å². The quantitative estimate of drug-likeness (QED) is 0.327. The van der Waals surface area contributed by atoms with E-state index in [1.807, 2.05) is 0 Å². The molecular weight excluding hydrogens is 188 g/mol. The molecule has 0 aromatic carbocycles. The highest BCUT2D eigenvalue weighted by Crippen LogP contribution is 2.15. The van der Waals surface area contributed by atoms with Gasteiger partial charge in [0.1, 0.15) is 0 Å². The molecule has 2 N–H and O–H groups in total. The van der Waals surface area contributed by atoms with Crippen molar-refractivity contribution in [3.63, 3.8) is 0 Å². The Bertz CT molecular complexity index is 214. The molecule has 0 atom stereocenters. The van der Waals surface area contributed by atoms with Crippen LogP contribution in [0.15, 0.2) is 0 Å². The monoisotopic (exact) mass is 194 g/mol. The van der Waals surface area contributed by atoms with E-state index in [2.05, 4.69) is 0 Å². The fourth-order valence-corrected chi connectivity index (χ4v) is 0.668. The van der Waals surface area contributed by atoms with Crippen molar-refractivity contribution in [2.24, 2.45) is 5.73 Å². The van der Waals surface area contributed by atoms with E-state index in [9.17, 15) is 30.3 Å². The van der Waals surface area contributed by atoms with Gasteiger partial charge in [0.2, 0.25) is 0 Å². The van der Waals surface area contributed by atoms with Crippen LogP contribution in [0, 0.1) is 30.3 Å². The van der Waals surface area contributed by atoms with Crippen LogP contribution >= 0.6 is 0 Å². The Balaban J connectivity index is 5.18. The summed E-state index contributed by atoms with van der Waals surface area (Å²) in [4.78, 5) is 25.8. The molecular formula is C3H6N4O6. The zero-order valence-electron chi connectivity index (χ0n) is 6.28. The zero-order valence-corrected chi connectivity index (χ0v) is 6.28. The standard InChI is InChI=1S/C3H6N4O6/c4-2-1-3(5(8)9,6(10)11)7(12)13/h1-2,4H2. The van der Waals surface area contributed by atoms with Crippen LogP contribution in [0.1, 0.15) is 6.42 Å². The van der Waals surface area contributed by atoms with Crippen LogP contribution < -0.4 is 5.73 Å². The van der Waals surface area contributed by atoms with Crippen molar-refractivity contribution in [3.05, 3.63) is 30.3 Å². The molecule has 0 rings (SSSR count). The van der Waals surface area contributed by atoms with Gasteiger partial charge >= 0.3 is 5.79 Å². The van der Waals surface area contributed by atoms with Crippen molar-refractivity contribution in [3.8, 4) is 0 Å². The number of nitrogens with zero attached hydrogens (tertiary/aromatic N) is 3. The zero-order chi connectivity index (χ0) is 10.6. The van der Waals surface area contributed by atoms with Crippen molar-refractivity contribution in [2.45, 2.75) is 12.2 Å². The lowest BCUT2D eigenvalue weighted by Gasteiger charge is -2.06. The fraction of sp³-hybridized carbons (Fsp3) is 1.00. The molecule has 13 heavy (non-hydrogen) atoms. The number of hydrogen-bond acceptors (Lipinski definition) is 7. The molecule has 0 amide bonds. The first-order valence-electron chi connectivity index (χ1n) is 3.03. The van der Waals surface area contributed by atoms with Crippen molar-refractivity contribution in [2.75, 3.05) is 6.54 Å². The lowest BCUT2D eigenvalue weighted by molar-refractivity contribution is -0.970. The third kappa shape index (κ3) is 1.66. The third-order valence-corrected chi connectivity index (χ3v) is 1.36. The van der Waals surface area contributed by atoms with E-state index in [-0.39, 0.29) is 0 Å². The second-order valence-corrected chi connectivity index (χ2v) is 2.08. The Hall–Kier alpha value is -1.84. The summed E-state index contributed by atoms with van der Waals surface area (Å²) in [6, 6.07) is 0. The molecule has 0 aromatic heterocycles. The molecule has 0 aromatic rings. The first kappa shape index (κ1) is 11.2. The molecule has 0 saturated carbocycles. The van der Waals surface area contributed by atoms with Crippen molar-refractivity contribution in [1.82, 2.24) is 0 Å². The Morgan fingerprint density at radius 3 is 1.38 bits per heavy atom. The predicted octanol–water partition coefficient (Wildman–Crippen LogP) is -1.18. The van der Waals surface area contributed by atoms with Crippen molar-refractivity contribution < 1.29 is 14.8 Å². The van der Waals surface area contributed by atoms with Gasteiger partial charge in [-0.25, -0.2) is 0 Å². The van der Waals surface area contributed by atoms with Crippen molar-refractivity contribution in [1.29, 1.82) is 0 Å². The van der Waals surface area contributed by atoms with E-state index in [1.165, 1.54) is 0 Å². The van der Waals surface area contributed by atoms with Gasteiger partial charge in [0.05, 0.1) is 0 Å². The smallest absolute Gasteiger partial charge is 0.330 e. The van der Waals surface area contributed by atoms with Gasteiger partial charge in [-0.3, -0.25) is 30.3 Å². The molecule has 74 valence electrons. The fourth-order valence-electron chi connectivity index (χ4n) is 0.668. The van der Waals surface area contributed by atoms with Crippen LogP contribution in [0.3, 0.4) is 0 Å². The number of nitro groups is 3. The van der Waals surface area contributed by atoms with Gasteiger partial charge < -0.3 is 5.73 Å². The summed E-state index contributed by atoms with van der Waals surface area (Å²) in [5.41, 5.74) is 4.81. The summed E-state index contributed by atoms with van der Waals surface area (Å²) in [6.45, 7) is -0.511. The van der Waals surface area contributed by atoms with Crippen LogP contribution in [0.2, 0.25) is 0 Å². The minimum atomic E-state index is -3.41. The van der Waals surface area contributed by atoms with Gasteiger partial charge in [0, 0.05) is 6.54 Å². The van der Waals surface area contributed by atoms with E-state index in [0.29, 0.717) is 0 Å². The summed E-state index contributed by atoms with van der Waals surface area (Å²) in [7, 11) is 0. The normalized spacial score (nSPS) is 10.8. The molecule has 0 fully saturated rings. The predicted molar refractivity (Wildman–Crippen MR) is 37.4 cm³/mol. The Morgan fingerprint density at radius 1 is 1.00 bits per heavy atom. The van der Waals surface area contributed by atoms with E-state index < -0.39 is 33.5 Å². The summed E-state index contributed by atoms with van der Waals surface area (Å²) in [5.74, 6) is -3.41. The largest absolute Gasteiger partial charge is 0.701 e. The van der Waals surface area contributed by atoms with E-state index >= 15 is 0 Å². The van der Waals surface area contributed by atoms with Gasteiger partial charge in [0.25, 0.3) is 0 Å². The Kier molecular flexibility index (Phi) is 3.18. The van der Waals surface area contributed by atoms with Crippen LogP contribution in [-0.2, 0) is 0 Å². The number of rotatable bonds is 5. The lowest BCUT2D eigenvalue weighted by Crippen LogP contribution is -2.54. The van der Waals surface area contributed by atoms with Crippen LogP contribution in [0.25, 0.3) is 0 Å². The minimum absolute atomic E-state index is 0.511. The van der Waals surface area contributed by atoms with Crippen LogP contribution in [0.4, 0.5) is 0 Å². The van der Waals surface area contributed by atoms with Crippen LogP contribution in [-0.4, -0.2) is 27.1 Å². The topological polar surface area (TPSA) is 155 Å². The molecule has 0 heterocycles. The van der Waals surface area contributed by atoms with Crippen LogP contribution in [0.5, 0.6) is 0 Å². The Morgan fingerprint density at radius 2 is 1.31 bits per heavy atom. The number of nitrogens with two attached hydrogens (primary N) is 1. The molecule has 0 aliphatic carbocycles. The minimum Gasteiger partial charge on any atom is -0.330 e. The average Bonchev–Trinajstić information content (AvgIpc) is 1.97. The summed E-state index contributed by atoms with van der Waals surface area (Å²) in [6.07, 6.45) is -0.944. The highest BCUT2D eigenvalue weighted by Gasteiger charge is 2.69. The third-order valence-electron chi connectivity index (χ3n) is 1.36. The molecule has 0 saturated heterocycles. The molecule has 0 unspecified atom stereocenters. The maximum absolute atomic E-state index is 10.2. The SMILES string of the molecule is NCCC([N+](=O)[O-])([N+](=O)[O-])[N+](=O)[O-]. The molecule has 0 bridgehead atoms. The van der Waals surface area contributed by atoms with E-state index in [4.69, 9.17) is 5.73 Å². The second-order valence-electron chi connectivity index (χ2n) is 2.08. The molecule has 10 heteroatoms. The summed E-state index contributed by atoms with van der Waals surface area (Å²) < 4.78 is 0. The molecule has 0 radical (unpaired) electrons. The summed E-state index contributed by atoms with van der Waals surface area (Å²) >= 11 is 0. The molecule has 0 aliphatic heterocycles. The highest BCUT2D eigenvalue weighted by atomic mass is 16.7. The first-order chi connectivity index (χ1) is 5.89. The van der Waals surface area contributed by atoms with Gasteiger partial charge in [0.15, 0.2) is 21.2 Å². The first-order valence-corrected chi connectivity index (χ1v) is 3.03. The van der Waals surface area contributed by atoms with Gasteiger partial charge in [-0.05, 0) is 0 Å². The second kappa shape index (κ2) is 3.71. The molecule has 0 spiro atoms. The highest BCUT2D eigenvalue weighted by molar-refractivity contribution is 4.53. The van der Waals surface area contributed by atoms with Crippen molar-refractivity contribution >= 4 is 0 Å². The molecule has 10 nitrogen and oxygen atoms in total. The van der Waals surface area contributed by atoms with Gasteiger partial charge in [-0.2, -0.15) is 0 Å². The van der Waals surface area contributed by atoms with Gasteiger partial charge in [-0.1, -0.05) is 0 Å². The number of hydrogen-bond donors (Lipinski definition) is 1. The lowest BCUT2D eigenvalue weighted by atomic mass is 10.2.